The minimum absolute atomic E-state index is 0.245. The Morgan fingerprint density at radius 3 is 2.55 bits per heavy atom. The van der Waals surface area contributed by atoms with Gasteiger partial charge >= 0.3 is 0 Å². The lowest BCUT2D eigenvalue weighted by Crippen LogP contribution is -2.18. The third-order valence-electron chi connectivity index (χ3n) is 3.56. The first-order chi connectivity index (χ1) is 9.85. The van der Waals surface area contributed by atoms with Gasteiger partial charge in [-0.3, -0.25) is 0 Å². The Morgan fingerprint density at radius 1 is 1.00 bits per heavy atom. The Hall–Kier alpha value is -1.29. The third kappa shape index (κ3) is 2.37. The van der Waals surface area contributed by atoms with Crippen molar-refractivity contribution < 1.29 is 0 Å². The average Bonchev–Trinajstić information content (AvgIpc) is 2.93. The fourth-order valence-corrected chi connectivity index (χ4v) is 4.23. The van der Waals surface area contributed by atoms with Crippen molar-refractivity contribution in [3.05, 3.63) is 65.0 Å². The maximum Gasteiger partial charge on any atom is 0.0599 e. The number of nitrogens with one attached hydrogen (secondary N) is 1. The molecule has 102 valence electrons. The van der Waals surface area contributed by atoms with Crippen LogP contribution in [0.15, 0.2) is 58.8 Å². The summed E-state index contributed by atoms with van der Waals surface area (Å²) in [5.74, 6) is 0. The molecule has 0 radical (unpaired) electrons. The molecule has 3 heteroatoms. The zero-order valence-corrected chi connectivity index (χ0v) is 13.2. The van der Waals surface area contributed by atoms with E-state index in [0.29, 0.717) is 0 Å². The molecular weight excluding hydrogens is 282 g/mol. The van der Waals surface area contributed by atoms with Crippen LogP contribution < -0.4 is 5.32 Å². The standard InChI is InChI=1S/C17H17NS2/c1-18-17(13-8-4-5-9-15(13)19-2)14-11-20-16-10-6-3-7-12(14)16/h3-11,17-18H,1-2H3. The van der Waals surface area contributed by atoms with Crippen molar-refractivity contribution in [1.82, 2.24) is 5.32 Å². The topological polar surface area (TPSA) is 12.0 Å². The smallest absolute Gasteiger partial charge is 0.0599 e. The highest BCUT2D eigenvalue weighted by Gasteiger charge is 2.18. The highest BCUT2D eigenvalue weighted by Crippen LogP contribution is 2.36. The third-order valence-corrected chi connectivity index (χ3v) is 5.35. The predicted molar refractivity (Wildman–Crippen MR) is 91.0 cm³/mol. The second-order valence-electron chi connectivity index (χ2n) is 4.65. The van der Waals surface area contributed by atoms with E-state index in [1.807, 2.05) is 18.4 Å². The minimum atomic E-state index is 0.245. The average molecular weight is 299 g/mol. The van der Waals surface area contributed by atoms with Crippen molar-refractivity contribution in [1.29, 1.82) is 0 Å². The largest absolute Gasteiger partial charge is 0.309 e. The molecule has 1 heterocycles. The lowest BCUT2D eigenvalue weighted by Gasteiger charge is -2.19. The van der Waals surface area contributed by atoms with E-state index in [4.69, 9.17) is 0 Å². The molecule has 0 spiro atoms. The first kappa shape index (κ1) is 13.7. The first-order valence-electron chi connectivity index (χ1n) is 6.61. The molecule has 1 nitrogen and oxygen atoms in total. The molecule has 0 fully saturated rings. The van der Waals surface area contributed by atoms with Gasteiger partial charge in [0.15, 0.2) is 0 Å². The van der Waals surface area contributed by atoms with Crippen molar-refractivity contribution >= 4 is 33.2 Å². The molecule has 1 unspecified atom stereocenters. The van der Waals surface area contributed by atoms with Gasteiger partial charge in [-0.2, -0.15) is 0 Å². The van der Waals surface area contributed by atoms with Gasteiger partial charge in [0.2, 0.25) is 0 Å². The summed E-state index contributed by atoms with van der Waals surface area (Å²) in [7, 11) is 2.04. The van der Waals surface area contributed by atoms with Crippen LogP contribution in [0.5, 0.6) is 0 Å². The molecule has 0 aliphatic heterocycles. The van der Waals surface area contributed by atoms with Gasteiger partial charge in [-0.25, -0.2) is 0 Å². The van der Waals surface area contributed by atoms with E-state index in [1.165, 1.54) is 26.1 Å². The van der Waals surface area contributed by atoms with Crippen LogP contribution in [0.4, 0.5) is 0 Å². The van der Waals surface area contributed by atoms with Crippen LogP contribution in [0.2, 0.25) is 0 Å². The molecule has 3 aromatic rings. The van der Waals surface area contributed by atoms with E-state index in [-0.39, 0.29) is 6.04 Å². The van der Waals surface area contributed by atoms with Crippen molar-refractivity contribution in [2.24, 2.45) is 0 Å². The van der Waals surface area contributed by atoms with E-state index >= 15 is 0 Å². The molecule has 1 aromatic heterocycles. The summed E-state index contributed by atoms with van der Waals surface area (Å²) in [6, 6.07) is 17.5. The number of hydrogen-bond donors (Lipinski definition) is 1. The molecule has 0 aliphatic rings. The van der Waals surface area contributed by atoms with Crippen LogP contribution in [0.1, 0.15) is 17.2 Å². The minimum Gasteiger partial charge on any atom is -0.309 e. The van der Waals surface area contributed by atoms with Crippen LogP contribution in [0.25, 0.3) is 10.1 Å². The van der Waals surface area contributed by atoms with Gasteiger partial charge in [0.25, 0.3) is 0 Å². The second-order valence-corrected chi connectivity index (χ2v) is 6.41. The Morgan fingerprint density at radius 2 is 1.75 bits per heavy atom. The first-order valence-corrected chi connectivity index (χ1v) is 8.72. The molecule has 0 amide bonds. The molecule has 1 atom stereocenters. The monoisotopic (exact) mass is 299 g/mol. The Balaban J connectivity index is 2.14. The predicted octanol–water partition coefficient (Wildman–Crippen LogP) is 4.93. The number of thiophene rings is 1. The van der Waals surface area contributed by atoms with E-state index < -0.39 is 0 Å². The normalized spacial score (nSPS) is 12.7. The summed E-state index contributed by atoms with van der Waals surface area (Å²) in [6.07, 6.45) is 2.14. The van der Waals surface area contributed by atoms with E-state index in [2.05, 4.69) is 65.5 Å². The summed E-state index contributed by atoms with van der Waals surface area (Å²) in [5.41, 5.74) is 2.72. The molecule has 20 heavy (non-hydrogen) atoms. The van der Waals surface area contributed by atoms with Gasteiger partial charge in [-0.05, 0) is 47.3 Å². The molecular formula is C17H17NS2. The zero-order valence-electron chi connectivity index (χ0n) is 11.6. The number of thioether (sulfide) groups is 1. The Kier molecular flexibility index (Phi) is 4.10. The fourth-order valence-electron chi connectivity index (χ4n) is 2.61. The van der Waals surface area contributed by atoms with Crippen LogP contribution in [-0.2, 0) is 0 Å². The van der Waals surface area contributed by atoms with Gasteiger partial charge in [-0.15, -0.1) is 23.1 Å². The van der Waals surface area contributed by atoms with Gasteiger partial charge < -0.3 is 5.32 Å². The molecule has 0 bridgehead atoms. The van der Waals surface area contributed by atoms with E-state index in [0.717, 1.165) is 0 Å². The molecule has 1 N–H and O–H groups in total. The van der Waals surface area contributed by atoms with Crippen molar-refractivity contribution in [3.63, 3.8) is 0 Å². The number of hydrogen-bond acceptors (Lipinski definition) is 3. The van der Waals surface area contributed by atoms with Gasteiger partial charge in [-0.1, -0.05) is 36.4 Å². The van der Waals surface area contributed by atoms with Gasteiger partial charge in [0.1, 0.15) is 0 Å². The Labute approximate surface area is 128 Å². The summed E-state index contributed by atoms with van der Waals surface area (Å²) in [6.45, 7) is 0. The van der Waals surface area contributed by atoms with Crippen molar-refractivity contribution in [2.45, 2.75) is 10.9 Å². The highest BCUT2D eigenvalue weighted by atomic mass is 32.2. The van der Waals surface area contributed by atoms with Gasteiger partial charge in [0, 0.05) is 9.60 Å². The van der Waals surface area contributed by atoms with E-state index in [9.17, 15) is 0 Å². The maximum atomic E-state index is 3.48. The van der Waals surface area contributed by atoms with Crippen molar-refractivity contribution in [2.75, 3.05) is 13.3 Å². The maximum absolute atomic E-state index is 3.48. The summed E-state index contributed by atoms with van der Waals surface area (Å²) < 4.78 is 1.35. The summed E-state index contributed by atoms with van der Waals surface area (Å²) in [5, 5.41) is 7.12. The molecule has 3 rings (SSSR count). The lowest BCUT2D eigenvalue weighted by molar-refractivity contribution is 0.687. The quantitative estimate of drug-likeness (QED) is 0.685. The summed E-state index contributed by atoms with van der Waals surface area (Å²) in [4.78, 5) is 1.34. The van der Waals surface area contributed by atoms with Crippen LogP contribution in [0, 0.1) is 0 Å². The molecule has 0 saturated heterocycles. The highest BCUT2D eigenvalue weighted by molar-refractivity contribution is 7.98. The zero-order chi connectivity index (χ0) is 13.9. The number of benzene rings is 2. The summed E-state index contributed by atoms with van der Waals surface area (Å²) >= 11 is 3.62. The van der Waals surface area contributed by atoms with Gasteiger partial charge in [0.05, 0.1) is 6.04 Å². The van der Waals surface area contributed by atoms with Crippen LogP contribution >= 0.6 is 23.1 Å². The van der Waals surface area contributed by atoms with E-state index in [1.54, 1.807) is 11.8 Å². The van der Waals surface area contributed by atoms with Crippen LogP contribution in [-0.4, -0.2) is 13.3 Å². The SMILES string of the molecule is CNC(c1ccccc1SC)c1csc2ccccc12. The molecule has 0 saturated carbocycles. The second kappa shape index (κ2) is 6.00. The number of fused-ring (bicyclic) bond motifs is 1. The molecule has 2 aromatic carbocycles. The van der Waals surface area contributed by atoms with Crippen molar-refractivity contribution in [3.8, 4) is 0 Å². The fraction of sp³-hybridized carbons (Fsp3) is 0.176. The van der Waals surface area contributed by atoms with Crippen LogP contribution in [0.3, 0.4) is 0 Å². The number of rotatable bonds is 4. The lowest BCUT2D eigenvalue weighted by atomic mass is 9.98. The molecule has 0 aliphatic carbocycles. The Bertz CT molecular complexity index is 718.